The Labute approximate surface area is 142 Å². The number of phenols is 2. The zero-order valence-electron chi connectivity index (χ0n) is 12.5. The van der Waals surface area contributed by atoms with Crippen LogP contribution in [0.25, 0.3) is 11.3 Å². The molecule has 0 bridgehead atoms. The second-order valence-electron chi connectivity index (χ2n) is 4.93. The van der Waals surface area contributed by atoms with Crippen molar-refractivity contribution in [1.29, 1.82) is 0 Å². The van der Waals surface area contributed by atoms with E-state index in [1.807, 2.05) is 30.3 Å². The van der Waals surface area contributed by atoms with Crippen molar-refractivity contribution >= 4 is 22.6 Å². The highest BCUT2D eigenvalue weighted by Gasteiger charge is 2.10. The minimum atomic E-state index is -0.590. The molecule has 0 fully saturated rings. The highest BCUT2D eigenvalue weighted by Crippen LogP contribution is 2.32. The van der Waals surface area contributed by atoms with E-state index < -0.39 is 6.09 Å². The summed E-state index contributed by atoms with van der Waals surface area (Å²) in [5, 5.41) is 23.5. The Kier molecular flexibility index (Phi) is 4.62. The summed E-state index contributed by atoms with van der Waals surface area (Å²) in [4.78, 5) is 16.1. The highest BCUT2D eigenvalue weighted by atomic mass is 32.1. The number of amides is 1. The summed E-state index contributed by atoms with van der Waals surface area (Å²) in [6.07, 6.45) is -0.590. The molecule has 3 aromatic rings. The predicted octanol–water partition coefficient (Wildman–Crippen LogP) is 3.97. The zero-order chi connectivity index (χ0) is 16.9. The molecule has 0 aliphatic heterocycles. The van der Waals surface area contributed by atoms with Gasteiger partial charge in [-0.1, -0.05) is 30.3 Å². The number of phenolic OH excluding ortho intramolecular Hbond substituents is 2. The first kappa shape index (κ1) is 15.8. The van der Waals surface area contributed by atoms with Crippen LogP contribution in [0.5, 0.6) is 11.5 Å². The van der Waals surface area contributed by atoms with Crippen molar-refractivity contribution in [3.05, 3.63) is 59.5 Å². The molecule has 2 aromatic carbocycles. The number of nitrogens with one attached hydrogen (secondary N) is 1. The van der Waals surface area contributed by atoms with Gasteiger partial charge in [0.1, 0.15) is 6.61 Å². The van der Waals surface area contributed by atoms with Crippen LogP contribution in [0.1, 0.15) is 5.56 Å². The van der Waals surface area contributed by atoms with Crippen molar-refractivity contribution in [2.75, 3.05) is 5.32 Å². The van der Waals surface area contributed by atoms with Crippen molar-refractivity contribution in [3.8, 4) is 22.8 Å². The second kappa shape index (κ2) is 7.01. The molecule has 3 N–H and O–H groups in total. The normalized spacial score (nSPS) is 10.3. The zero-order valence-corrected chi connectivity index (χ0v) is 13.3. The first-order valence-corrected chi connectivity index (χ1v) is 7.95. The van der Waals surface area contributed by atoms with Crippen LogP contribution in [-0.2, 0) is 11.3 Å². The van der Waals surface area contributed by atoms with E-state index in [9.17, 15) is 15.0 Å². The van der Waals surface area contributed by atoms with E-state index in [-0.39, 0.29) is 18.1 Å². The summed E-state index contributed by atoms with van der Waals surface area (Å²) in [6, 6.07) is 13.8. The first-order chi connectivity index (χ1) is 11.6. The molecule has 24 heavy (non-hydrogen) atoms. The van der Waals surface area contributed by atoms with Crippen molar-refractivity contribution in [3.63, 3.8) is 0 Å². The molecule has 3 rings (SSSR count). The topological polar surface area (TPSA) is 91.7 Å². The molecular weight excluding hydrogens is 328 g/mol. The van der Waals surface area contributed by atoms with Crippen LogP contribution in [0, 0.1) is 0 Å². The third-order valence-electron chi connectivity index (χ3n) is 3.20. The van der Waals surface area contributed by atoms with Crippen LogP contribution in [0.3, 0.4) is 0 Å². The first-order valence-electron chi connectivity index (χ1n) is 7.07. The molecule has 7 heteroatoms. The van der Waals surface area contributed by atoms with Gasteiger partial charge in [0.05, 0.1) is 5.69 Å². The highest BCUT2D eigenvalue weighted by molar-refractivity contribution is 7.14. The number of hydrogen-bond acceptors (Lipinski definition) is 6. The second-order valence-corrected chi connectivity index (χ2v) is 5.79. The van der Waals surface area contributed by atoms with Gasteiger partial charge in [-0.2, -0.15) is 0 Å². The summed E-state index contributed by atoms with van der Waals surface area (Å²) in [5.74, 6) is -0.422. The van der Waals surface area contributed by atoms with Gasteiger partial charge in [0.2, 0.25) is 0 Å². The van der Waals surface area contributed by atoms with Gasteiger partial charge in [0.25, 0.3) is 0 Å². The fraction of sp³-hybridized carbons (Fsp3) is 0.0588. The molecule has 0 saturated carbocycles. The molecule has 0 spiro atoms. The number of carbonyl (C=O) groups is 1. The lowest BCUT2D eigenvalue weighted by Gasteiger charge is -2.04. The summed E-state index contributed by atoms with van der Waals surface area (Å²) < 4.78 is 5.13. The summed E-state index contributed by atoms with van der Waals surface area (Å²) in [6.45, 7) is 0.177. The monoisotopic (exact) mass is 342 g/mol. The maximum atomic E-state index is 11.8. The van der Waals surface area contributed by atoms with E-state index in [4.69, 9.17) is 4.74 Å². The Bertz CT molecular complexity index is 849. The fourth-order valence-electron chi connectivity index (χ4n) is 1.99. The number of hydrogen-bond donors (Lipinski definition) is 3. The quantitative estimate of drug-likeness (QED) is 0.624. The summed E-state index contributed by atoms with van der Waals surface area (Å²) in [7, 11) is 0. The van der Waals surface area contributed by atoms with E-state index in [0.29, 0.717) is 16.4 Å². The van der Waals surface area contributed by atoms with Crippen LogP contribution in [0.15, 0.2) is 53.9 Å². The van der Waals surface area contributed by atoms with Gasteiger partial charge < -0.3 is 14.9 Å². The Hall–Kier alpha value is -3.06. The van der Waals surface area contributed by atoms with Gasteiger partial charge in [-0.05, 0) is 23.8 Å². The molecule has 0 aliphatic rings. The molecule has 0 aliphatic carbocycles. The number of aromatic hydroxyl groups is 2. The minimum absolute atomic E-state index is 0.177. The van der Waals surface area contributed by atoms with Crippen LogP contribution < -0.4 is 5.32 Å². The van der Waals surface area contributed by atoms with Crippen molar-refractivity contribution in [2.45, 2.75) is 6.61 Å². The maximum Gasteiger partial charge on any atom is 0.413 e. The number of aromatic nitrogens is 1. The molecule has 0 radical (unpaired) electrons. The number of carbonyl (C=O) groups excluding carboxylic acids is 1. The van der Waals surface area contributed by atoms with Crippen LogP contribution in [0.4, 0.5) is 9.93 Å². The lowest BCUT2D eigenvalue weighted by Crippen LogP contribution is -2.13. The van der Waals surface area contributed by atoms with Crippen molar-refractivity contribution < 1.29 is 19.7 Å². The average Bonchev–Trinajstić information content (AvgIpc) is 3.05. The number of anilines is 1. The van der Waals surface area contributed by atoms with Crippen LogP contribution in [0.2, 0.25) is 0 Å². The largest absolute Gasteiger partial charge is 0.504 e. The Morgan fingerprint density at radius 2 is 1.92 bits per heavy atom. The smallest absolute Gasteiger partial charge is 0.413 e. The van der Waals surface area contributed by atoms with Gasteiger partial charge in [-0.3, -0.25) is 5.32 Å². The molecule has 1 amide bonds. The standard InChI is InChI=1S/C17H14N2O4S/c20-14-7-6-12(8-15(14)21)13-10-24-16(18-13)19-17(22)23-9-11-4-2-1-3-5-11/h1-8,10,20-21H,9H2,(H,18,19,22). The third kappa shape index (κ3) is 3.82. The van der Waals surface area contributed by atoms with E-state index in [0.717, 1.165) is 5.56 Å². The number of rotatable bonds is 4. The molecule has 0 saturated heterocycles. The third-order valence-corrected chi connectivity index (χ3v) is 3.95. The lowest BCUT2D eigenvalue weighted by atomic mass is 10.1. The summed E-state index contributed by atoms with van der Waals surface area (Å²) >= 11 is 1.24. The van der Waals surface area contributed by atoms with Crippen molar-refractivity contribution in [1.82, 2.24) is 4.98 Å². The van der Waals surface area contributed by atoms with E-state index in [1.54, 1.807) is 11.4 Å². The Morgan fingerprint density at radius 1 is 1.12 bits per heavy atom. The van der Waals surface area contributed by atoms with E-state index in [1.165, 1.54) is 23.5 Å². The molecule has 6 nitrogen and oxygen atoms in total. The number of ether oxygens (including phenoxy) is 1. The summed E-state index contributed by atoms with van der Waals surface area (Å²) in [5.41, 5.74) is 2.10. The Morgan fingerprint density at radius 3 is 2.67 bits per heavy atom. The predicted molar refractivity (Wildman–Crippen MR) is 91.1 cm³/mol. The van der Waals surface area contributed by atoms with Gasteiger partial charge in [0.15, 0.2) is 16.6 Å². The van der Waals surface area contributed by atoms with E-state index >= 15 is 0 Å². The Balaban J connectivity index is 1.61. The van der Waals surface area contributed by atoms with Gasteiger partial charge in [-0.15, -0.1) is 11.3 Å². The molecule has 0 unspecified atom stereocenters. The average molecular weight is 342 g/mol. The minimum Gasteiger partial charge on any atom is -0.504 e. The SMILES string of the molecule is O=C(Nc1nc(-c2ccc(O)c(O)c2)cs1)OCc1ccccc1. The number of benzene rings is 2. The molecule has 0 atom stereocenters. The van der Waals surface area contributed by atoms with Gasteiger partial charge in [0, 0.05) is 10.9 Å². The number of nitrogens with zero attached hydrogens (tertiary/aromatic N) is 1. The number of thiazole rings is 1. The van der Waals surface area contributed by atoms with Gasteiger partial charge in [-0.25, -0.2) is 9.78 Å². The molecule has 1 aromatic heterocycles. The van der Waals surface area contributed by atoms with Crippen LogP contribution in [-0.4, -0.2) is 21.3 Å². The maximum absolute atomic E-state index is 11.8. The van der Waals surface area contributed by atoms with Crippen LogP contribution >= 0.6 is 11.3 Å². The lowest BCUT2D eigenvalue weighted by molar-refractivity contribution is 0.155. The molecular formula is C17H14N2O4S. The van der Waals surface area contributed by atoms with Gasteiger partial charge >= 0.3 is 6.09 Å². The van der Waals surface area contributed by atoms with E-state index in [2.05, 4.69) is 10.3 Å². The fourth-order valence-corrected chi connectivity index (χ4v) is 2.70. The van der Waals surface area contributed by atoms with Crippen molar-refractivity contribution in [2.24, 2.45) is 0 Å². The molecule has 122 valence electrons. The molecule has 1 heterocycles.